The first-order chi connectivity index (χ1) is 5.61. The van der Waals surface area contributed by atoms with Gasteiger partial charge < -0.3 is 9.47 Å². The fourth-order valence-electron chi connectivity index (χ4n) is 0.360. The van der Waals surface area contributed by atoms with Crippen molar-refractivity contribution >= 4 is 11.9 Å². The molecule has 0 aromatic rings. The first-order valence-electron chi connectivity index (χ1n) is 3.17. The number of hydrogen-bond donors (Lipinski definition) is 0. The Bertz CT molecular complexity index is 209. The summed E-state index contributed by atoms with van der Waals surface area (Å²) in [6, 6.07) is 0. The van der Waals surface area contributed by atoms with Gasteiger partial charge in [0.05, 0.1) is 7.11 Å². The molecule has 0 radical (unpaired) electrons. The van der Waals surface area contributed by atoms with Gasteiger partial charge in [0.25, 0.3) is 0 Å². The minimum absolute atomic E-state index is 0.537. The molecular weight excluding hydrogens is 167 g/mol. The Labute approximate surface area is 69.0 Å². The van der Waals surface area contributed by atoms with Gasteiger partial charge >= 0.3 is 11.9 Å². The van der Waals surface area contributed by atoms with Crippen molar-refractivity contribution in [2.75, 3.05) is 13.7 Å². The van der Waals surface area contributed by atoms with Crippen molar-refractivity contribution in [2.24, 2.45) is 0 Å². The summed E-state index contributed by atoms with van der Waals surface area (Å²) in [5.74, 6) is -2.96. The normalized spacial score (nSPS) is 10.8. The molecule has 0 rings (SSSR count). The van der Waals surface area contributed by atoms with E-state index in [9.17, 15) is 14.0 Å². The third-order valence-electron chi connectivity index (χ3n) is 1.01. The highest BCUT2D eigenvalue weighted by Crippen LogP contribution is 1.96. The van der Waals surface area contributed by atoms with E-state index in [4.69, 9.17) is 0 Å². The van der Waals surface area contributed by atoms with E-state index in [1.165, 1.54) is 6.92 Å². The third-order valence-corrected chi connectivity index (χ3v) is 1.01. The molecule has 68 valence electrons. The van der Waals surface area contributed by atoms with E-state index >= 15 is 0 Å². The molecule has 0 aromatic carbocycles. The fourth-order valence-corrected chi connectivity index (χ4v) is 0.360. The second-order valence-corrected chi connectivity index (χ2v) is 1.80. The van der Waals surface area contributed by atoms with Crippen LogP contribution in [-0.4, -0.2) is 25.7 Å². The average molecular weight is 176 g/mol. The predicted molar refractivity (Wildman–Crippen MR) is 37.8 cm³/mol. The number of esters is 2. The largest absolute Gasteiger partial charge is 0.461 e. The summed E-state index contributed by atoms with van der Waals surface area (Å²) in [6.07, 6.45) is 1.13. The van der Waals surface area contributed by atoms with Gasteiger partial charge in [0.2, 0.25) is 0 Å². The van der Waals surface area contributed by atoms with E-state index in [1.54, 1.807) is 0 Å². The molecule has 0 saturated carbocycles. The third kappa shape index (κ3) is 3.70. The van der Waals surface area contributed by atoms with Crippen molar-refractivity contribution in [2.45, 2.75) is 6.92 Å². The summed E-state index contributed by atoms with van der Waals surface area (Å²) < 4.78 is 20.5. The minimum atomic E-state index is -1.20. The number of hydrogen-bond acceptors (Lipinski definition) is 4. The number of ether oxygens (including phenoxy) is 2. The highest BCUT2D eigenvalue weighted by molar-refractivity contribution is 6.29. The van der Waals surface area contributed by atoms with Crippen molar-refractivity contribution in [1.82, 2.24) is 0 Å². The molecular formula is C7H9FO4. The molecule has 0 saturated heterocycles. The molecule has 0 aliphatic rings. The van der Waals surface area contributed by atoms with Crippen LogP contribution < -0.4 is 0 Å². The molecule has 0 amide bonds. The number of rotatable bonds is 2. The standard InChI is InChI=1S/C7H9FO4/c1-3-5(8)4-12-7(10)6(9)11-2/h3H,4H2,1-2H3. The van der Waals surface area contributed by atoms with Crippen LogP contribution in [0.3, 0.4) is 0 Å². The van der Waals surface area contributed by atoms with Crippen LogP contribution in [0.15, 0.2) is 11.9 Å². The molecule has 0 atom stereocenters. The Morgan fingerprint density at radius 1 is 1.42 bits per heavy atom. The Morgan fingerprint density at radius 3 is 2.42 bits per heavy atom. The van der Waals surface area contributed by atoms with E-state index in [2.05, 4.69) is 9.47 Å². The lowest BCUT2D eigenvalue weighted by molar-refractivity contribution is -0.165. The van der Waals surface area contributed by atoms with Crippen LogP contribution in [0.25, 0.3) is 0 Å². The summed E-state index contributed by atoms with van der Waals surface area (Å²) in [5, 5.41) is 0. The molecule has 0 aliphatic heterocycles. The van der Waals surface area contributed by atoms with Gasteiger partial charge in [-0.25, -0.2) is 14.0 Å². The lowest BCUT2D eigenvalue weighted by Crippen LogP contribution is -2.19. The maximum absolute atomic E-state index is 12.3. The molecule has 0 unspecified atom stereocenters. The minimum Gasteiger partial charge on any atom is -0.461 e. The van der Waals surface area contributed by atoms with E-state index in [1.807, 2.05) is 0 Å². The first-order valence-corrected chi connectivity index (χ1v) is 3.17. The summed E-state index contributed by atoms with van der Waals surface area (Å²) in [5.41, 5.74) is 0. The van der Waals surface area contributed by atoms with Crippen molar-refractivity contribution in [3.63, 3.8) is 0 Å². The van der Waals surface area contributed by atoms with Crippen LogP contribution >= 0.6 is 0 Å². The second kappa shape index (κ2) is 5.29. The second-order valence-electron chi connectivity index (χ2n) is 1.80. The number of carbonyl (C=O) groups is 2. The molecule has 0 bridgehead atoms. The topological polar surface area (TPSA) is 52.6 Å². The van der Waals surface area contributed by atoms with E-state index in [-0.39, 0.29) is 0 Å². The number of allylic oxidation sites excluding steroid dienone is 1. The molecule has 0 aliphatic carbocycles. The van der Waals surface area contributed by atoms with E-state index < -0.39 is 24.4 Å². The Hall–Kier alpha value is -1.39. The van der Waals surface area contributed by atoms with Crippen molar-refractivity contribution in [1.29, 1.82) is 0 Å². The van der Waals surface area contributed by atoms with Crippen LogP contribution in [0.5, 0.6) is 0 Å². The highest BCUT2D eigenvalue weighted by atomic mass is 19.1. The van der Waals surface area contributed by atoms with E-state index in [0.717, 1.165) is 13.2 Å². The monoisotopic (exact) mass is 176 g/mol. The summed E-state index contributed by atoms with van der Waals surface area (Å²) in [6.45, 7) is 0.908. The van der Waals surface area contributed by atoms with Crippen LogP contribution in [0.1, 0.15) is 6.92 Å². The van der Waals surface area contributed by atoms with Crippen molar-refractivity contribution in [3.05, 3.63) is 11.9 Å². The van der Waals surface area contributed by atoms with Crippen molar-refractivity contribution in [3.8, 4) is 0 Å². The van der Waals surface area contributed by atoms with Gasteiger partial charge in [-0.3, -0.25) is 0 Å². The molecule has 5 heteroatoms. The zero-order valence-electron chi connectivity index (χ0n) is 6.80. The maximum atomic E-state index is 12.3. The lowest BCUT2D eigenvalue weighted by Gasteiger charge is -1.99. The zero-order valence-corrected chi connectivity index (χ0v) is 6.80. The first kappa shape index (κ1) is 10.6. The molecule has 0 heterocycles. The van der Waals surface area contributed by atoms with Crippen LogP contribution in [0.4, 0.5) is 4.39 Å². The maximum Gasteiger partial charge on any atom is 0.417 e. The molecule has 4 nitrogen and oxygen atoms in total. The van der Waals surface area contributed by atoms with Gasteiger partial charge in [-0.1, -0.05) is 6.08 Å². The quantitative estimate of drug-likeness (QED) is 0.456. The average Bonchev–Trinajstić information content (AvgIpc) is 2.11. The van der Waals surface area contributed by atoms with Crippen LogP contribution in [0, 0.1) is 0 Å². The van der Waals surface area contributed by atoms with Gasteiger partial charge in [-0.15, -0.1) is 0 Å². The van der Waals surface area contributed by atoms with Gasteiger partial charge in [-0.05, 0) is 6.92 Å². The van der Waals surface area contributed by atoms with Gasteiger partial charge in [0.15, 0.2) is 0 Å². The van der Waals surface area contributed by atoms with Crippen LogP contribution in [-0.2, 0) is 19.1 Å². The molecule has 0 fully saturated rings. The summed E-state index contributed by atoms with van der Waals surface area (Å²) in [7, 11) is 1.04. The smallest absolute Gasteiger partial charge is 0.417 e. The number of halogens is 1. The van der Waals surface area contributed by atoms with Crippen LogP contribution in [0.2, 0.25) is 0 Å². The summed E-state index contributed by atoms with van der Waals surface area (Å²) in [4.78, 5) is 20.9. The molecule has 12 heavy (non-hydrogen) atoms. The molecule has 0 N–H and O–H groups in total. The Balaban J connectivity index is 3.80. The van der Waals surface area contributed by atoms with E-state index in [0.29, 0.717) is 0 Å². The Morgan fingerprint density at radius 2 is 2.00 bits per heavy atom. The highest BCUT2D eigenvalue weighted by Gasteiger charge is 2.15. The van der Waals surface area contributed by atoms with Gasteiger partial charge in [0, 0.05) is 0 Å². The zero-order chi connectivity index (χ0) is 9.56. The number of carbonyl (C=O) groups excluding carboxylic acids is 2. The predicted octanol–water partition coefficient (Wildman–Crippen LogP) is 0.576. The van der Waals surface area contributed by atoms with Crippen molar-refractivity contribution < 1.29 is 23.5 Å². The lowest BCUT2D eigenvalue weighted by atomic mass is 10.5. The molecule has 0 spiro atoms. The molecule has 0 aromatic heterocycles. The number of methoxy groups -OCH3 is 1. The fraction of sp³-hybridized carbons (Fsp3) is 0.429. The van der Waals surface area contributed by atoms with Gasteiger partial charge in [-0.2, -0.15) is 0 Å². The van der Waals surface area contributed by atoms with Gasteiger partial charge in [0.1, 0.15) is 12.4 Å². The SMILES string of the molecule is CC=C(F)COC(=O)C(=O)OC. The summed E-state index contributed by atoms with van der Waals surface area (Å²) >= 11 is 0. The Kier molecular flexibility index (Phi) is 4.67.